The highest BCUT2D eigenvalue weighted by Crippen LogP contribution is 2.29. The second-order valence-electron chi connectivity index (χ2n) is 7.68. The molecule has 0 spiro atoms. The maximum absolute atomic E-state index is 13.1. The van der Waals surface area contributed by atoms with Gasteiger partial charge in [0.25, 0.3) is 11.8 Å². The van der Waals surface area contributed by atoms with Crippen molar-refractivity contribution in [3.8, 4) is 0 Å². The number of hydrogen-bond donors (Lipinski definition) is 1. The van der Waals surface area contributed by atoms with Gasteiger partial charge in [-0.15, -0.1) is 21.5 Å². The Bertz CT molecular complexity index is 1280. The molecule has 0 saturated carbocycles. The Kier molecular flexibility index (Phi) is 5.63. The van der Waals surface area contributed by atoms with E-state index in [0.717, 1.165) is 24.3 Å². The van der Waals surface area contributed by atoms with E-state index < -0.39 is 0 Å². The number of carbonyl (C=O) groups is 2. The average Bonchev–Trinajstić information content (AvgIpc) is 3.51. The number of pyridine rings is 1. The number of fused-ring (bicyclic) bond motifs is 1. The monoisotopic (exact) mass is 465 g/mol. The number of benzene rings is 1. The van der Waals surface area contributed by atoms with Gasteiger partial charge in [0.1, 0.15) is 5.82 Å². The smallest absolute Gasteiger partial charge is 0.265 e. The number of anilines is 1. The lowest BCUT2D eigenvalue weighted by molar-refractivity contribution is 0.0710. The molecular formula is C23H20ClN5O2S. The van der Waals surface area contributed by atoms with Gasteiger partial charge in [-0.05, 0) is 54.6 Å². The first kappa shape index (κ1) is 20.7. The number of amides is 2. The van der Waals surface area contributed by atoms with Crippen molar-refractivity contribution in [2.24, 2.45) is 0 Å². The zero-order valence-corrected chi connectivity index (χ0v) is 18.6. The van der Waals surface area contributed by atoms with Gasteiger partial charge in [-0.2, -0.15) is 0 Å². The van der Waals surface area contributed by atoms with Crippen LogP contribution >= 0.6 is 22.9 Å². The van der Waals surface area contributed by atoms with Crippen molar-refractivity contribution >= 4 is 46.1 Å². The summed E-state index contributed by atoms with van der Waals surface area (Å²) in [5, 5.41) is 13.6. The predicted octanol–water partition coefficient (Wildman–Crippen LogP) is 4.72. The number of hydrogen-bond acceptors (Lipinski definition) is 5. The Morgan fingerprint density at radius 2 is 1.91 bits per heavy atom. The van der Waals surface area contributed by atoms with Crippen LogP contribution in [0.15, 0.2) is 60.1 Å². The maximum atomic E-state index is 13.1. The van der Waals surface area contributed by atoms with Crippen molar-refractivity contribution in [1.29, 1.82) is 0 Å². The third-order valence-electron chi connectivity index (χ3n) is 5.69. The van der Waals surface area contributed by atoms with Crippen LogP contribution in [-0.2, 0) is 0 Å². The molecule has 32 heavy (non-hydrogen) atoms. The first-order valence-corrected chi connectivity index (χ1v) is 11.6. The Morgan fingerprint density at radius 1 is 1.06 bits per heavy atom. The average molecular weight is 466 g/mol. The van der Waals surface area contributed by atoms with Gasteiger partial charge in [0, 0.05) is 30.8 Å². The van der Waals surface area contributed by atoms with E-state index in [4.69, 9.17) is 11.6 Å². The molecule has 4 aromatic rings. The number of thiophene rings is 1. The van der Waals surface area contributed by atoms with E-state index in [0.29, 0.717) is 34.2 Å². The van der Waals surface area contributed by atoms with Crippen LogP contribution in [-0.4, -0.2) is 44.4 Å². The lowest BCUT2D eigenvalue weighted by atomic mass is 9.95. The number of rotatable bonds is 4. The van der Waals surface area contributed by atoms with E-state index in [9.17, 15) is 9.59 Å². The minimum absolute atomic E-state index is 0.0714. The summed E-state index contributed by atoms with van der Waals surface area (Å²) in [6.07, 6.45) is 3.61. The standard InChI is InChI=1S/C23H20ClN5O2S/c24-17-7-6-16(14-18(17)25-22(30)19-4-3-13-32-19)23(31)28-11-8-15(9-12-28)21-27-26-20-5-1-2-10-29(20)21/h1-7,10,13-15H,8-9,11-12H2,(H,25,30). The van der Waals surface area contributed by atoms with Gasteiger partial charge in [-0.1, -0.05) is 23.7 Å². The fourth-order valence-electron chi connectivity index (χ4n) is 4.01. The Balaban J connectivity index is 1.27. The third-order valence-corrected chi connectivity index (χ3v) is 6.89. The summed E-state index contributed by atoms with van der Waals surface area (Å²) in [5.41, 5.74) is 1.77. The van der Waals surface area contributed by atoms with Crippen LogP contribution in [0.4, 0.5) is 5.69 Å². The van der Waals surface area contributed by atoms with Gasteiger partial charge in [-0.3, -0.25) is 14.0 Å². The minimum Gasteiger partial charge on any atom is -0.339 e. The van der Waals surface area contributed by atoms with Crippen LogP contribution in [0.2, 0.25) is 5.02 Å². The highest BCUT2D eigenvalue weighted by Gasteiger charge is 2.27. The number of halogens is 1. The molecule has 2 amide bonds. The number of likely N-dealkylation sites (tertiary alicyclic amines) is 1. The van der Waals surface area contributed by atoms with Crippen molar-refractivity contribution in [1.82, 2.24) is 19.5 Å². The molecule has 162 valence electrons. The Labute approximate surface area is 193 Å². The van der Waals surface area contributed by atoms with Crippen molar-refractivity contribution < 1.29 is 9.59 Å². The summed E-state index contributed by atoms with van der Waals surface area (Å²) in [7, 11) is 0. The van der Waals surface area contributed by atoms with Crippen LogP contribution in [0.25, 0.3) is 5.65 Å². The zero-order chi connectivity index (χ0) is 22.1. The summed E-state index contributed by atoms with van der Waals surface area (Å²) in [6.45, 7) is 1.26. The molecule has 1 aliphatic rings. The number of nitrogens with zero attached hydrogens (tertiary/aromatic N) is 4. The molecule has 3 aromatic heterocycles. The second-order valence-corrected chi connectivity index (χ2v) is 9.03. The summed E-state index contributed by atoms with van der Waals surface area (Å²) in [5.74, 6) is 0.880. The minimum atomic E-state index is -0.243. The SMILES string of the molecule is O=C(Nc1cc(C(=O)N2CCC(c3nnc4ccccn34)CC2)ccc1Cl)c1cccs1. The number of piperidine rings is 1. The van der Waals surface area contributed by atoms with Crippen molar-refractivity contribution in [3.63, 3.8) is 0 Å². The van der Waals surface area contributed by atoms with Gasteiger partial charge in [0.05, 0.1) is 15.6 Å². The molecule has 1 N–H and O–H groups in total. The molecule has 0 unspecified atom stereocenters. The molecule has 1 fully saturated rings. The third kappa shape index (κ3) is 3.99. The first-order chi connectivity index (χ1) is 15.6. The van der Waals surface area contributed by atoms with E-state index in [1.165, 1.54) is 11.3 Å². The topological polar surface area (TPSA) is 79.6 Å². The van der Waals surface area contributed by atoms with E-state index >= 15 is 0 Å². The molecule has 0 bridgehead atoms. The molecule has 0 aliphatic carbocycles. The molecule has 9 heteroatoms. The largest absolute Gasteiger partial charge is 0.339 e. The second kappa shape index (κ2) is 8.72. The number of nitrogens with one attached hydrogen (secondary N) is 1. The Morgan fingerprint density at radius 3 is 2.69 bits per heavy atom. The summed E-state index contributed by atoms with van der Waals surface area (Å²) < 4.78 is 2.02. The van der Waals surface area contributed by atoms with Crippen LogP contribution in [0, 0.1) is 0 Å². The normalized spacial score (nSPS) is 14.6. The molecule has 1 aromatic carbocycles. The van der Waals surface area contributed by atoms with Crippen molar-refractivity contribution in [2.45, 2.75) is 18.8 Å². The summed E-state index contributed by atoms with van der Waals surface area (Å²) in [4.78, 5) is 27.9. The van der Waals surface area contributed by atoms with E-state index in [1.54, 1.807) is 24.3 Å². The fraction of sp³-hybridized carbons (Fsp3) is 0.217. The van der Waals surface area contributed by atoms with E-state index in [2.05, 4.69) is 15.5 Å². The lowest BCUT2D eigenvalue weighted by Crippen LogP contribution is -2.38. The highest BCUT2D eigenvalue weighted by atomic mass is 35.5. The fourth-order valence-corrected chi connectivity index (χ4v) is 4.79. The number of aromatic nitrogens is 3. The summed E-state index contributed by atoms with van der Waals surface area (Å²) in [6, 6.07) is 14.4. The van der Waals surface area contributed by atoms with Crippen LogP contribution in [0.1, 0.15) is 44.6 Å². The van der Waals surface area contributed by atoms with Gasteiger partial charge < -0.3 is 10.2 Å². The van der Waals surface area contributed by atoms with Crippen LogP contribution in [0.3, 0.4) is 0 Å². The van der Waals surface area contributed by atoms with Crippen LogP contribution < -0.4 is 5.32 Å². The van der Waals surface area contributed by atoms with Gasteiger partial charge >= 0.3 is 0 Å². The first-order valence-electron chi connectivity index (χ1n) is 10.3. The highest BCUT2D eigenvalue weighted by molar-refractivity contribution is 7.12. The molecular weight excluding hydrogens is 446 g/mol. The molecule has 5 rings (SSSR count). The molecule has 7 nitrogen and oxygen atoms in total. The maximum Gasteiger partial charge on any atom is 0.265 e. The molecule has 1 aliphatic heterocycles. The van der Waals surface area contributed by atoms with Crippen LogP contribution in [0.5, 0.6) is 0 Å². The molecule has 4 heterocycles. The van der Waals surface area contributed by atoms with E-state index in [1.807, 2.05) is 45.1 Å². The lowest BCUT2D eigenvalue weighted by Gasteiger charge is -2.31. The summed E-state index contributed by atoms with van der Waals surface area (Å²) >= 11 is 7.61. The molecule has 0 radical (unpaired) electrons. The van der Waals surface area contributed by atoms with Gasteiger partial charge in [0.15, 0.2) is 5.65 Å². The molecule has 1 saturated heterocycles. The quantitative estimate of drug-likeness (QED) is 0.473. The van der Waals surface area contributed by atoms with E-state index in [-0.39, 0.29) is 17.7 Å². The van der Waals surface area contributed by atoms with Gasteiger partial charge in [0.2, 0.25) is 0 Å². The zero-order valence-electron chi connectivity index (χ0n) is 17.1. The predicted molar refractivity (Wildman–Crippen MR) is 125 cm³/mol. The van der Waals surface area contributed by atoms with Gasteiger partial charge in [-0.25, -0.2) is 0 Å². The van der Waals surface area contributed by atoms with Crippen molar-refractivity contribution in [3.05, 3.63) is 81.4 Å². The van der Waals surface area contributed by atoms with Crippen molar-refractivity contribution in [2.75, 3.05) is 18.4 Å². The Hall–Kier alpha value is -3.23. The molecule has 0 atom stereocenters. The number of carbonyl (C=O) groups excluding carboxylic acids is 2.